The summed E-state index contributed by atoms with van der Waals surface area (Å²) in [5.74, 6) is 0.548. The predicted molar refractivity (Wildman–Crippen MR) is 120 cm³/mol. The van der Waals surface area contributed by atoms with Crippen molar-refractivity contribution in [1.82, 2.24) is 5.32 Å². The second-order valence-electron chi connectivity index (χ2n) is 8.01. The Morgan fingerprint density at radius 3 is 2.72 bits per heavy atom. The van der Waals surface area contributed by atoms with Crippen LogP contribution in [0.4, 0.5) is 5.69 Å². The Kier molecular flexibility index (Phi) is 6.13. The minimum atomic E-state index is -0.343. The summed E-state index contributed by atoms with van der Waals surface area (Å²) in [5, 5.41) is 7.16. The van der Waals surface area contributed by atoms with E-state index in [9.17, 15) is 4.79 Å². The second-order valence-corrected chi connectivity index (χ2v) is 8.42. The number of esters is 1. The molecule has 0 spiro atoms. The summed E-state index contributed by atoms with van der Waals surface area (Å²) in [5.41, 5.74) is 4.22. The first kappa shape index (κ1) is 21.1. The topological polar surface area (TPSA) is 59.6 Å². The van der Waals surface area contributed by atoms with E-state index in [1.54, 1.807) is 19.1 Å². The second kappa shape index (κ2) is 8.41. The van der Waals surface area contributed by atoms with E-state index in [1.165, 1.54) is 0 Å². The van der Waals surface area contributed by atoms with Gasteiger partial charge in [0.2, 0.25) is 0 Å². The number of aryl methyl sites for hydroxylation is 2. The molecule has 5 nitrogen and oxygen atoms in total. The molecule has 2 aromatic rings. The molecule has 1 heterocycles. The molecule has 0 amide bonds. The number of carbonyl (C=O) groups excluding carboxylic acids is 1. The Labute approximate surface area is 177 Å². The lowest BCUT2D eigenvalue weighted by molar-refractivity contribution is 0.0526. The molecule has 3 rings (SSSR count). The fraction of sp³-hybridized carbons (Fsp3) is 0.391. The van der Waals surface area contributed by atoms with Crippen LogP contribution in [0.1, 0.15) is 60.3 Å². The Hall–Kier alpha value is -2.60. The molecule has 6 heteroatoms. The summed E-state index contributed by atoms with van der Waals surface area (Å²) in [7, 11) is 0. The zero-order valence-corrected chi connectivity index (χ0v) is 18.4. The van der Waals surface area contributed by atoms with Crippen LogP contribution >= 0.6 is 12.2 Å². The highest BCUT2D eigenvalue weighted by Crippen LogP contribution is 2.40. The first-order valence-electron chi connectivity index (χ1n) is 9.83. The standard InChI is InChI=1S/C23H28N2O3S/c1-6-27-21(26)16-9-8-15(3)18(12-16)24-22(29)25-19-13-23(4,5)28-20-11-14(2)7-10-17(19)20/h7-12,19H,6,13H2,1-5H3,(H2,24,25,29)/t19-/m1/s1. The molecule has 0 bridgehead atoms. The van der Waals surface area contributed by atoms with Crippen molar-refractivity contribution in [2.24, 2.45) is 0 Å². The molecular formula is C23H28N2O3S. The molecule has 0 fully saturated rings. The molecular weight excluding hydrogens is 384 g/mol. The van der Waals surface area contributed by atoms with Crippen LogP contribution in [0.25, 0.3) is 0 Å². The summed E-state index contributed by atoms with van der Waals surface area (Å²) in [6.07, 6.45) is 0.784. The van der Waals surface area contributed by atoms with Crippen molar-refractivity contribution in [1.29, 1.82) is 0 Å². The number of hydrogen-bond acceptors (Lipinski definition) is 4. The molecule has 154 valence electrons. The van der Waals surface area contributed by atoms with Crippen molar-refractivity contribution in [2.75, 3.05) is 11.9 Å². The quantitative estimate of drug-likeness (QED) is 0.540. The fourth-order valence-corrected chi connectivity index (χ4v) is 3.75. The molecule has 1 aliphatic heterocycles. The average Bonchev–Trinajstić information content (AvgIpc) is 2.62. The third-order valence-electron chi connectivity index (χ3n) is 4.93. The molecule has 1 aliphatic rings. The normalized spacial score (nSPS) is 16.9. The van der Waals surface area contributed by atoms with Crippen molar-refractivity contribution < 1.29 is 14.3 Å². The maximum atomic E-state index is 12.0. The lowest BCUT2D eigenvalue weighted by Crippen LogP contribution is -2.42. The summed E-state index contributed by atoms with van der Waals surface area (Å²) in [4.78, 5) is 12.0. The number of rotatable bonds is 4. The monoisotopic (exact) mass is 412 g/mol. The van der Waals surface area contributed by atoms with Gasteiger partial charge >= 0.3 is 5.97 Å². The van der Waals surface area contributed by atoms with Gasteiger partial charge in [0.25, 0.3) is 0 Å². The van der Waals surface area contributed by atoms with Crippen LogP contribution in [0, 0.1) is 13.8 Å². The maximum absolute atomic E-state index is 12.0. The zero-order chi connectivity index (χ0) is 21.2. The maximum Gasteiger partial charge on any atom is 0.338 e. The number of benzene rings is 2. The van der Waals surface area contributed by atoms with E-state index in [2.05, 4.69) is 49.6 Å². The van der Waals surface area contributed by atoms with E-state index < -0.39 is 0 Å². The van der Waals surface area contributed by atoms with Gasteiger partial charge < -0.3 is 20.1 Å². The number of carbonyl (C=O) groups is 1. The van der Waals surface area contributed by atoms with Gasteiger partial charge in [0.15, 0.2) is 5.11 Å². The van der Waals surface area contributed by atoms with Crippen LogP contribution in [-0.4, -0.2) is 23.3 Å². The Morgan fingerprint density at radius 2 is 2.00 bits per heavy atom. The fourth-order valence-electron chi connectivity index (χ4n) is 3.50. The van der Waals surface area contributed by atoms with Crippen LogP contribution in [-0.2, 0) is 4.74 Å². The number of hydrogen-bond donors (Lipinski definition) is 2. The Balaban J connectivity index is 1.78. The molecule has 0 aromatic heterocycles. The third-order valence-corrected chi connectivity index (χ3v) is 5.15. The van der Waals surface area contributed by atoms with E-state index in [1.807, 2.05) is 13.0 Å². The van der Waals surface area contributed by atoms with Crippen molar-refractivity contribution >= 4 is 29.0 Å². The van der Waals surface area contributed by atoms with Gasteiger partial charge in [-0.15, -0.1) is 0 Å². The number of anilines is 1. The van der Waals surface area contributed by atoms with Gasteiger partial charge in [0.1, 0.15) is 11.4 Å². The van der Waals surface area contributed by atoms with E-state index in [-0.39, 0.29) is 17.6 Å². The van der Waals surface area contributed by atoms with Crippen molar-refractivity contribution in [2.45, 2.75) is 52.7 Å². The van der Waals surface area contributed by atoms with Crippen molar-refractivity contribution in [3.63, 3.8) is 0 Å². The van der Waals surface area contributed by atoms with E-state index in [0.29, 0.717) is 17.3 Å². The van der Waals surface area contributed by atoms with Crippen LogP contribution in [0.3, 0.4) is 0 Å². The van der Waals surface area contributed by atoms with Gasteiger partial charge in [-0.3, -0.25) is 0 Å². The number of nitrogens with one attached hydrogen (secondary N) is 2. The van der Waals surface area contributed by atoms with Crippen LogP contribution in [0.2, 0.25) is 0 Å². The molecule has 0 saturated carbocycles. The van der Waals surface area contributed by atoms with Crippen molar-refractivity contribution in [3.8, 4) is 5.75 Å². The highest BCUT2D eigenvalue weighted by molar-refractivity contribution is 7.80. The summed E-state index contributed by atoms with van der Waals surface area (Å²) >= 11 is 5.59. The lowest BCUT2D eigenvalue weighted by atomic mass is 9.89. The highest BCUT2D eigenvalue weighted by atomic mass is 32.1. The molecule has 1 atom stereocenters. The van der Waals surface area contributed by atoms with E-state index >= 15 is 0 Å². The number of fused-ring (bicyclic) bond motifs is 1. The summed E-state index contributed by atoms with van der Waals surface area (Å²) in [6, 6.07) is 11.7. The van der Waals surface area contributed by atoms with Gasteiger partial charge in [0, 0.05) is 17.7 Å². The average molecular weight is 413 g/mol. The minimum absolute atomic E-state index is 0.0305. The molecule has 2 aromatic carbocycles. The van der Waals surface area contributed by atoms with Gasteiger partial charge in [-0.2, -0.15) is 0 Å². The van der Waals surface area contributed by atoms with E-state index in [4.69, 9.17) is 21.7 Å². The van der Waals surface area contributed by atoms with Crippen LogP contribution < -0.4 is 15.4 Å². The summed E-state index contributed by atoms with van der Waals surface area (Å²) < 4.78 is 11.3. The van der Waals surface area contributed by atoms with E-state index in [0.717, 1.165) is 34.5 Å². The first-order chi connectivity index (χ1) is 13.7. The van der Waals surface area contributed by atoms with Gasteiger partial charge in [-0.05, 0) is 76.2 Å². The molecule has 0 aliphatic carbocycles. The predicted octanol–water partition coefficient (Wildman–Crippen LogP) is 5.07. The molecule has 0 saturated heterocycles. The Morgan fingerprint density at radius 1 is 1.24 bits per heavy atom. The smallest absolute Gasteiger partial charge is 0.338 e. The summed E-state index contributed by atoms with van der Waals surface area (Å²) in [6.45, 7) is 10.3. The lowest BCUT2D eigenvalue weighted by Gasteiger charge is -2.38. The zero-order valence-electron chi connectivity index (χ0n) is 17.6. The highest BCUT2D eigenvalue weighted by Gasteiger charge is 2.34. The molecule has 0 radical (unpaired) electrons. The van der Waals surface area contributed by atoms with Gasteiger partial charge in [-0.25, -0.2) is 4.79 Å². The SMILES string of the molecule is CCOC(=O)c1ccc(C)c(NC(=S)N[C@@H]2CC(C)(C)Oc3cc(C)ccc32)c1. The third kappa shape index (κ3) is 5.07. The number of ether oxygens (including phenoxy) is 2. The molecule has 29 heavy (non-hydrogen) atoms. The van der Waals surface area contributed by atoms with Gasteiger partial charge in [-0.1, -0.05) is 18.2 Å². The largest absolute Gasteiger partial charge is 0.487 e. The molecule has 0 unspecified atom stereocenters. The minimum Gasteiger partial charge on any atom is -0.487 e. The van der Waals surface area contributed by atoms with Crippen LogP contribution in [0.5, 0.6) is 5.75 Å². The number of thiocarbonyl (C=S) groups is 1. The first-order valence-corrected chi connectivity index (χ1v) is 10.2. The Bertz CT molecular complexity index is 940. The van der Waals surface area contributed by atoms with Crippen molar-refractivity contribution in [3.05, 3.63) is 58.7 Å². The molecule has 2 N–H and O–H groups in total. The van der Waals surface area contributed by atoms with Crippen LogP contribution in [0.15, 0.2) is 36.4 Å². The van der Waals surface area contributed by atoms with Gasteiger partial charge in [0.05, 0.1) is 18.2 Å².